The van der Waals surface area contributed by atoms with Crippen molar-refractivity contribution in [3.8, 4) is 0 Å². The molecule has 1 aliphatic heterocycles. The smallest absolute Gasteiger partial charge is 0.0672 e. The van der Waals surface area contributed by atoms with Gasteiger partial charge in [-0.05, 0) is 26.2 Å². The molecule has 0 radical (unpaired) electrons. The van der Waals surface area contributed by atoms with Crippen LogP contribution < -0.4 is 5.32 Å². The molecule has 0 bridgehead atoms. The molecule has 1 heterocycles. The Bertz CT molecular complexity index is 122. The maximum absolute atomic E-state index is 5.57. The van der Waals surface area contributed by atoms with Gasteiger partial charge in [-0.15, -0.1) is 0 Å². The van der Waals surface area contributed by atoms with Crippen LogP contribution in [0.25, 0.3) is 0 Å². The number of hydrogen-bond donors (Lipinski definition) is 1. The van der Waals surface area contributed by atoms with Gasteiger partial charge in [-0.3, -0.25) is 0 Å². The highest BCUT2D eigenvalue weighted by Gasteiger charge is 2.39. The first-order valence-corrected chi connectivity index (χ1v) is 5.17. The number of morpholine rings is 1. The van der Waals surface area contributed by atoms with Crippen LogP contribution in [-0.4, -0.2) is 24.8 Å². The molecule has 2 fully saturated rings. The van der Waals surface area contributed by atoms with Gasteiger partial charge >= 0.3 is 0 Å². The first-order chi connectivity index (χ1) is 5.81. The minimum absolute atomic E-state index is 0.409. The summed E-state index contributed by atoms with van der Waals surface area (Å²) in [7, 11) is 0. The highest BCUT2D eigenvalue weighted by Crippen LogP contribution is 2.33. The first-order valence-electron chi connectivity index (χ1n) is 5.17. The molecule has 0 aromatic heterocycles. The average molecular weight is 171 g/mol. The summed E-state index contributed by atoms with van der Waals surface area (Å²) in [5.74, 6) is 0. The van der Waals surface area contributed by atoms with E-state index in [1.165, 1.54) is 19.3 Å². The zero-order chi connectivity index (χ0) is 9.03. The van der Waals surface area contributed by atoms with Gasteiger partial charge in [-0.25, -0.2) is 0 Å². The van der Waals surface area contributed by atoms with Crippen LogP contribution in [0.3, 0.4) is 0 Å². The van der Waals surface area contributed by atoms with Gasteiger partial charge in [0, 0.05) is 12.1 Å². The van der Waals surface area contributed by atoms with Crippen molar-refractivity contribution in [3.05, 3.63) is 0 Å². The molecule has 1 saturated carbocycles. The van der Waals surface area contributed by atoms with Gasteiger partial charge in [-0.1, -0.05) is 13.8 Å². The van der Waals surface area contributed by atoms with Gasteiger partial charge < -0.3 is 10.1 Å². The fraction of sp³-hybridized carbons (Fsp3) is 1.00. The quantitative estimate of drug-likeness (QED) is 0.601. The largest absolute Gasteiger partial charge is 0.375 e. The second-order valence-corrected chi connectivity index (χ2v) is 3.64. The zero-order valence-corrected chi connectivity index (χ0v) is 8.52. The standard InChI is InChI=1S/C8H15NO.C2H6/c1-7-5-9-8(6-10-7)3-2-4-8;1-2/h7,9H,2-6H2,1H3;1-2H3. The average Bonchev–Trinajstić information content (AvgIpc) is 2.07. The number of nitrogens with one attached hydrogen (secondary N) is 1. The van der Waals surface area contributed by atoms with E-state index in [4.69, 9.17) is 4.74 Å². The van der Waals surface area contributed by atoms with Crippen molar-refractivity contribution >= 4 is 0 Å². The van der Waals surface area contributed by atoms with E-state index in [2.05, 4.69) is 12.2 Å². The van der Waals surface area contributed by atoms with E-state index in [0.29, 0.717) is 11.6 Å². The van der Waals surface area contributed by atoms with E-state index in [1.54, 1.807) is 0 Å². The molecule has 1 unspecified atom stereocenters. The lowest BCUT2D eigenvalue weighted by Crippen LogP contribution is -2.60. The maximum atomic E-state index is 5.57. The molecule has 0 aromatic carbocycles. The Kier molecular flexibility index (Phi) is 3.53. The van der Waals surface area contributed by atoms with Crippen molar-refractivity contribution in [2.45, 2.75) is 51.7 Å². The van der Waals surface area contributed by atoms with Gasteiger partial charge in [0.2, 0.25) is 0 Å². The van der Waals surface area contributed by atoms with Crippen molar-refractivity contribution in [2.24, 2.45) is 0 Å². The Labute approximate surface area is 75.7 Å². The summed E-state index contributed by atoms with van der Waals surface area (Å²) in [6.45, 7) is 8.10. The van der Waals surface area contributed by atoms with Crippen molar-refractivity contribution in [1.29, 1.82) is 0 Å². The highest BCUT2D eigenvalue weighted by molar-refractivity contribution is 4.98. The molecule has 72 valence electrons. The van der Waals surface area contributed by atoms with E-state index in [0.717, 1.165) is 13.2 Å². The summed E-state index contributed by atoms with van der Waals surface area (Å²) in [6, 6.07) is 0. The normalized spacial score (nSPS) is 31.8. The lowest BCUT2D eigenvalue weighted by Gasteiger charge is -2.46. The Morgan fingerprint density at radius 2 is 2.00 bits per heavy atom. The van der Waals surface area contributed by atoms with Crippen LogP contribution in [0.1, 0.15) is 40.0 Å². The van der Waals surface area contributed by atoms with Gasteiger partial charge in [0.05, 0.1) is 12.7 Å². The summed E-state index contributed by atoms with van der Waals surface area (Å²) in [5.41, 5.74) is 0.409. The predicted molar refractivity (Wildman–Crippen MR) is 51.3 cm³/mol. The fourth-order valence-electron chi connectivity index (χ4n) is 1.70. The third-order valence-corrected chi connectivity index (χ3v) is 2.72. The Morgan fingerprint density at radius 1 is 1.33 bits per heavy atom. The molecule has 1 atom stereocenters. The van der Waals surface area contributed by atoms with Gasteiger partial charge in [0.1, 0.15) is 0 Å². The van der Waals surface area contributed by atoms with E-state index in [1.807, 2.05) is 13.8 Å². The number of rotatable bonds is 0. The van der Waals surface area contributed by atoms with E-state index in [-0.39, 0.29) is 0 Å². The summed E-state index contributed by atoms with van der Waals surface area (Å²) in [5, 5.41) is 3.56. The summed E-state index contributed by atoms with van der Waals surface area (Å²) < 4.78 is 5.57. The lowest BCUT2D eigenvalue weighted by molar-refractivity contribution is -0.0524. The lowest BCUT2D eigenvalue weighted by atomic mass is 9.76. The first kappa shape index (κ1) is 10.0. The van der Waals surface area contributed by atoms with Crippen molar-refractivity contribution in [2.75, 3.05) is 13.2 Å². The second kappa shape index (κ2) is 4.24. The zero-order valence-electron chi connectivity index (χ0n) is 8.52. The van der Waals surface area contributed by atoms with Gasteiger partial charge in [-0.2, -0.15) is 0 Å². The van der Waals surface area contributed by atoms with Crippen LogP contribution in [0.4, 0.5) is 0 Å². The summed E-state index contributed by atoms with van der Waals surface area (Å²) >= 11 is 0. The summed E-state index contributed by atoms with van der Waals surface area (Å²) in [4.78, 5) is 0. The Balaban J connectivity index is 0.000000336. The van der Waals surface area contributed by atoms with Crippen molar-refractivity contribution < 1.29 is 4.74 Å². The topological polar surface area (TPSA) is 21.3 Å². The van der Waals surface area contributed by atoms with Crippen LogP contribution in [0, 0.1) is 0 Å². The molecule has 2 aliphatic rings. The van der Waals surface area contributed by atoms with Gasteiger partial charge in [0.25, 0.3) is 0 Å². The third-order valence-electron chi connectivity index (χ3n) is 2.72. The van der Waals surface area contributed by atoms with Crippen molar-refractivity contribution in [3.63, 3.8) is 0 Å². The molecule has 1 N–H and O–H groups in total. The second-order valence-electron chi connectivity index (χ2n) is 3.64. The SMILES string of the molecule is CC.CC1CNC2(CCC2)CO1. The molecule has 1 spiro atoms. The molecule has 0 amide bonds. The third kappa shape index (κ3) is 1.99. The maximum Gasteiger partial charge on any atom is 0.0672 e. The van der Waals surface area contributed by atoms with E-state index >= 15 is 0 Å². The molecular weight excluding hydrogens is 150 g/mol. The fourth-order valence-corrected chi connectivity index (χ4v) is 1.70. The molecule has 1 aliphatic carbocycles. The minimum atomic E-state index is 0.409. The van der Waals surface area contributed by atoms with Crippen LogP contribution in [-0.2, 0) is 4.74 Å². The minimum Gasteiger partial charge on any atom is -0.375 e. The van der Waals surface area contributed by atoms with Crippen LogP contribution in [0.5, 0.6) is 0 Å². The molecular formula is C10H21NO. The molecule has 2 heteroatoms. The van der Waals surface area contributed by atoms with Crippen LogP contribution >= 0.6 is 0 Å². The van der Waals surface area contributed by atoms with Crippen LogP contribution in [0.2, 0.25) is 0 Å². The van der Waals surface area contributed by atoms with Gasteiger partial charge in [0.15, 0.2) is 0 Å². The summed E-state index contributed by atoms with van der Waals surface area (Å²) in [6.07, 6.45) is 4.44. The molecule has 2 rings (SSSR count). The highest BCUT2D eigenvalue weighted by atomic mass is 16.5. The molecule has 0 aromatic rings. The molecule has 1 saturated heterocycles. The molecule has 12 heavy (non-hydrogen) atoms. The van der Waals surface area contributed by atoms with E-state index in [9.17, 15) is 0 Å². The predicted octanol–water partition coefficient (Wildman–Crippen LogP) is 1.94. The number of hydrogen-bond acceptors (Lipinski definition) is 2. The molecule has 2 nitrogen and oxygen atoms in total. The number of ether oxygens (including phenoxy) is 1. The Morgan fingerprint density at radius 3 is 2.33 bits per heavy atom. The van der Waals surface area contributed by atoms with Crippen molar-refractivity contribution in [1.82, 2.24) is 5.32 Å². The van der Waals surface area contributed by atoms with Crippen LogP contribution in [0.15, 0.2) is 0 Å². The Hall–Kier alpha value is -0.0800. The monoisotopic (exact) mass is 171 g/mol. The van der Waals surface area contributed by atoms with E-state index < -0.39 is 0 Å².